The van der Waals surface area contributed by atoms with Gasteiger partial charge in [-0.15, -0.1) is 0 Å². The SMILES string of the molecule is CCCC(CC)c1cc(C)ccc1N. The second-order valence-electron chi connectivity index (χ2n) is 4.03. The van der Waals surface area contributed by atoms with Crippen molar-refractivity contribution in [2.75, 3.05) is 5.73 Å². The number of rotatable bonds is 4. The Morgan fingerprint density at radius 1 is 1.29 bits per heavy atom. The topological polar surface area (TPSA) is 26.0 Å². The second-order valence-corrected chi connectivity index (χ2v) is 4.03. The molecule has 0 aliphatic carbocycles. The van der Waals surface area contributed by atoms with Gasteiger partial charge in [-0.05, 0) is 37.3 Å². The first kappa shape index (κ1) is 11.1. The van der Waals surface area contributed by atoms with Gasteiger partial charge in [-0.25, -0.2) is 0 Å². The number of nitrogens with two attached hydrogens (primary N) is 1. The lowest BCUT2D eigenvalue weighted by Crippen LogP contribution is -2.02. The number of anilines is 1. The van der Waals surface area contributed by atoms with Crippen LogP contribution in [0.3, 0.4) is 0 Å². The number of hydrogen-bond acceptors (Lipinski definition) is 1. The van der Waals surface area contributed by atoms with E-state index in [2.05, 4.69) is 32.9 Å². The molecule has 0 amide bonds. The van der Waals surface area contributed by atoms with E-state index in [-0.39, 0.29) is 0 Å². The molecule has 1 aromatic rings. The van der Waals surface area contributed by atoms with E-state index in [9.17, 15) is 0 Å². The Kier molecular flexibility index (Phi) is 3.99. The van der Waals surface area contributed by atoms with E-state index in [1.54, 1.807) is 0 Å². The lowest BCUT2D eigenvalue weighted by atomic mass is 9.90. The van der Waals surface area contributed by atoms with E-state index in [4.69, 9.17) is 5.73 Å². The maximum atomic E-state index is 6.00. The smallest absolute Gasteiger partial charge is 0.0349 e. The van der Waals surface area contributed by atoms with Gasteiger partial charge in [0.1, 0.15) is 0 Å². The van der Waals surface area contributed by atoms with E-state index in [1.807, 2.05) is 6.07 Å². The summed E-state index contributed by atoms with van der Waals surface area (Å²) in [4.78, 5) is 0. The maximum absolute atomic E-state index is 6.00. The van der Waals surface area contributed by atoms with Gasteiger partial charge in [-0.2, -0.15) is 0 Å². The molecular formula is C13H21N. The molecule has 0 bridgehead atoms. The zero-order valence-electron chi connectivity index (χ0n) is 9.51. The zero-order valence-corrected chi connectivity index (χ0v) is 9.51. The normalized spacial score (nSPS) is 12.8. The molecule has 1 unspecified atom stereocenters. The molecule has 1 heteroatoms. The summed E-state index contributed by atoms with van der Waals surface area (Å²) < 4.78 is 0. The first-order valence-corrected chi connectivity index (χ1v) is 5.55. The predicted octanol–water partition coefficient (Wildman–Crippen LogP) is 3.87. The number of nitrogen functional groups attached to an aromatic ring is 1. The number of benzene rings is 1. The van der Waals surface area contributed by atoms with Crippen LogP contribution < -0.4 is 5.73 Å². The highest BCUT2D eigenvalue weighted by atomic mass is 14.6. The van der Waals surface area contributed by atoms with E-state index in [1.165, 1.54) is 30.4 Å². The predicted molar refractivity (Wildman–Crippen MR) is 63.5 cm³/mol. The Bertz CT molecular complexity index is 291. The lowest BCUT2D eigenvalue weighted by molar-refractivity contribution is 0.597. The Balaban J connectivity index is 2.96. The van der Waals surface area contributed by atoms with Crippen molar-refractivity contribution >= 4 is 5.69 Å². The van der Waals surface area contributed by atoms with Crippen molar-refractivity contribution in [2.45, 2.75) is 46.0 Å². The fourth-order valence-electron chi connectivity index (χ4n) is 1.98. The highest BCUT2D eigenvalue weighted by molar-refractivity contribution is 5.50. The van der Waals surface area contributed by atoms with Gasteiger partial charge in [0.2, 0.25) is 0 Å². The highest BCUT2D eigenvalue weighted by Gasteiger charge is 2.11. The van der Waals surface area contributed by atoms with Crippen LogP contribution in [-0.2, 0) is 0 Å². The molecule has 0 spiro atoms. The zero-order chi connectivity index (χ0) is 10.6. The quantitative estimate of drug-likeness (QED) is 0.718. The van der Waals surface area contributed by atoms with Crippen LogP contribution in [0, 0.1) is 6.92 Å². The van der Waals surface area contributed by atoms with Gasteiger partial charge < -0.3 is 5.73 Å². The molecule has 0 saturated heterocycles. The number of hydrogen-bond donors (Lipinski definition) is 1. The lowest BCUT2D eigenvalue weighted by Gasteiger charge is -2.17. The van der Waals surface area contributed by atoms with Crippen LogP contribution in [0.25, 0.3) is 0 Å². The van der Waals surface area contributed by atoms with Gasteiger partial charge >= 0.3 is 0 Å². The highest BCUT2D eigenvalue weighted by Crippen LogP contribution is 2.29. The minimum atomic E-state index is 0.639. The van der Waals surface area contributed by atoms with E-state index in [0.29, 0.717) is 5.92 Å². The van der Waals surface area contributed by atoms with Crippen LogP contribution in [0.4, 0.5) is 5.69 Å². The average molecular weight is 191 g/mol. The average Bonchev–Trinajstić information content (AvgIpc) is 2.18. The molecule has 0 heterocycles. The fourth-order valence-corrected chi connectivity index (χ4v) is 1.98. The fraction of sp³-hybridized carbons (Fsp3) is 0.538. The van der Waals surface area contributed by atoms with Crippen LogP contribution in [0.5, 0.6) is 0 Å². The molecule has 1 nitrogen and oxygen atoms in total. The van der Waals surface area contributed by atoms with Crippen LogP contribution in [0.2, 0.25) is 0 Å². The molecule has 1 aromatic carbocycles. The van der Waals surface area contributed by atoms with Gasteiger partial charge in [-0.3, -0.25) is 0 Å². The summed E-state index contributed by atoms with van der Waals surface area (Å²) >= 11 is 0. The van der Waals surface area contributed by atoms with Crippen molar-refractivity contribution in [1.29, 1.82) is 0 Å². The van der Waals surface area contributed by atoms with Crippen LogP contribution in [0.15, 0.2) is 18.2 Å². The molecule has 0 fully saturated rings. The molecule has 14 heavy (non-hydrogen) atoms. The molecule has 0 aliphatic rings. The molecule has 1 rings (SSSR count). The largest absolute Gasteiger partial charge is 0.398 e. The van der Waals surface area contributed by atoms with Gasteiger partial charge in [0, 0.05) is 5.69 Å². The molecule has 2 N–H and O–H groups in total. The summed E-state index contributed by atoms with van der Waals surface area (Å²) in [6, 6.07) is 6.35. The molecular weight excluding hydrogens is 170 g/mol. The summed E-state index contributed by atoms with van der Waals surface area (Å²) in [6.07, 6.45) is 3.65. The summed E-state index contributed by atoms with van der Waals surface area (Å²) in [5.41, 5.74) is 9.60. The molecule has 1 atom stereocenters. The third kappa shape index (κ3) is 2.50. The van der Waals surface area contributed by atoms with Crippen LogP contribution >= 0.6 is 0 Å². The first-order valence-electron chi connectivity index (χ1n) is 5.55. The van der Waals surface area contributed by atoms with Crippen molar-refractivity contribution < 1.29 is 0 Å². The molecule has 0 aliphatic heterocycles. The van der Waals surface area contributed by atoms with Crippen molar-refractivity contribution in [1.82, 2.24) is 0 Å². The Morgan fingerprint density at radius 2 is 2.00 bits per heavy atom. The van der Waals surface area contributed by atoms with Crippen molar-refractivity contribution in [3.8, 4) is 0 Å². The Labute approximate surface area is 87.3 Å². The van der Waals surface area contributed by atoms with Crippen molar-refractivity contribution in [3.05, 3.63) is 29.3 Å². The maximum Gasteiger partial charge on any atom is 0.0349 e. The third-order valence-electron chi connectivity index (χ3n) is 2.81. The minimum absolute atomic E-state index is 0.639. The van der Waals surface area contributed by atoms with E-state index >= 15 is 0 Å². The summed E-state index contributed by atoms with van der Waals surface area (Å²) in [5, 5.41) is 0. The first-order chi connectivity index (χ1) is 6.69. The summed E-state index contributed by atoms with van der Waals surface area (Å²) in [7, 11) is 0. The monoisotopic (exact) mass is 191 g/mol. The Hall–Kier alpha value is -0.980. The molecule has 0 aromatic heterocycles. The third-order valence-corrected chi connectivity index (χ3v) is 2.81. The van der Waals surface area contributed by atoms with Gasteiger partial charge in [0.25, 0.3) is 0 Å². The Morgan fingerprint density at radius 3 is 2.57 bits per heavy atom. The van der Waals surface area contributed by atoms with E-state index < -0.39 is 0 Å². The molecule has 0 saturated carbocycles. The van der Waals surface area contributed by atoms with Gasteiger partial charge in [0.05, 0.1) is 0 Å². The molecule has 0 radical (unpaired) electrons. The van der Waals surface area contributed by atoms with Crippen LogP contribution in [-0.4, -0.2) is 0 Å². The minimum Gasteiger partial charge on any atom is -0.398 e. The van der Waals surface area contributed by atoms with Crippen molar-refractivity contribution in [2.24, 2.45) is 0 Å². The number of aryl methyl sites for hydroxylation is 1. The van der Waals surface area contributed by atoms with Crippen LogP contribution in [0.1, 0.15) is 50.2 Å². The van der Waals surface area contributed by atoms with Gasteiger partial charge in [0.15, 0.2) is 0 Å². The summed E-state index contributed by atoms with van der Waals surface area (Å²) in [6.45, 7) is 6.60. The second kappa shape index (κ2) is 5.04. The molecule has 78 valence electrons. The van der Waals surface area contributed by atoms with Crippen molar-refractivity contribution in [3.63, 3.8) is 0 Å². The van der Waals surface area contributed by atoms with E-state index in [0.717, 1.165) is 5.69 Å². The standard InChI is InChI=1S/C13H21N/c1-4-6-11(5-2)12-9-10(3)7-8-13(12)14/h7-9,11H,4-6,14H2,1-3H3. The summed E-state index contributed by atoms with van der Waals surface area (Å²) in [5.74, 6) is 0.639. The van der Waals surface area contributed by atoms with Gasteiger partial charge in [-0.1, -0.05) is 38.0 Å².